The average Bonchev–Trinajstić information content (AvgIpc) is 2.62. The van der Waals surface area contributed by atoms with E-state index >= 15 is 0 Å². The van der Waals surface area contributed by atoms with Crippen LogP contribution in [0.3, 0.4) is 0 Å². The molecule has 1 aliphatic heterocycles. The Hall–Kier alpha value is -2.89. The molecule has 0 bridgehead atoms. The first-order valence-electron chi connectivity index (χ1n) is 8.41. The molecule has 0 spiro atoms. The molecule has 6 heteroatoms. The first kappa shape index (κ1) is 17.0. The molecule has 2 aromatic carbocycles. The summed E-state index contributed by atoms with van der Waals surface area (Å²) in [7, 11) is 3.91. The second-order valence-corrected chi connectivity index (χ2v) is 6.34. The molecule has 132 valence electrons. The van der Waals surface area contributed by atoms with E-state index in [0.717, 1.165) is 30.2 Å². The predicted molar refractivity (Wildman–Crippen MR) is 102 cm³/mol. The summed E-state index contributed by atoms with van der Waals surface area (Å²) >= 11 is 0. The van der Waals surface area contributed by atoms with Crippen LogP contribution in [0.2, 0.25) is 0 Å². The van der Waals surface area contributed by atoms with Gasteiger partial charge in [0.25, 0.3) is 0 Å². The van der Waals surface area contributed by atoms with Gasteiger partial charge in [0.2, 0.25) is 0 Å². The van der Waals surface area contributed by atoms with Crippen LogP contribution in [0.1, 0.15) is 0 Å². The number of urea groups is 1. The SMILES string of the molecule is CN(C)c1ccccc1NC(=O)N1CCN(c2cccc(O)c2)CC1. The Bertz CT molecular complexity index is 740. The zero-order chi connectivity index (χ0) is 17.8. The van der Waals surface area contributed by atoms with Gasteiger partial charge in [-0.1, -0.05) is 18.2 Å². The third-order valence-electron chi connectivity index (χ3n) is 4.39. The topological polar surface area (TPSA) is 59.1 Å². The molecule has 6 nitrogen and oxygen atoms in total. The second-order valence-electron chi connectivity index (χ2n) is 6.34. The summed E-state index contributed by atoms with van der Waals surface area (Å²) < 4.78 is 0. The zero-order valence-corrected chi connectivity index (χ0v) is 14.6. The van der Waals surface area contributed by atoms with E-state index in [1.165, 1.54) is 0 Å². The number of carbonyl (C=O) groups is 1. The van der Waals surface area contributed by atoms with E-state index in [-0.39, 0.29) is 11.8 Å². The number of piperazine rings is 1. The Labute approximate surface area is 148 Å². The molecule has 0 atom stereocenters. The van der Waals surface area contributed by atoms with Crippen molar-refractivity contribution in [2.24, 2.45) is 0 Å². The number of carbonyl (C=O) groups excluding carboxylic acids is 1. The van der Waals surface area contributed by atoms with Crippen LogP contribution < -0.4 is 15.1 Å². The normalized spacial score (nSPS) is 14.3. The minimum atomic E-state index is -0.0788. The van der Waals surface area contributed by atoms with E-state index in [1.807, 2.05) is 60.3 Å². The van der Waals surface area contributed by atoms with Gasteiger partial charge in [0.1, 0.15) is 5.75 Å². The Kier molecular flexibility index (Phi) is 4.97. The van der Waals surface area contributed by atoms with Crippen LogP contribution in [0.15, 0.2) is 48.5 Å². The predicted octanol–water partition coefficient (Wildman–Crippen LogP) is 2.81. The molecule has 0 saturated carbocycles. The molecule has 0 aliphatic carbocycles. The molecule has 0 aromatic heterocycles. The third-order valence-corrected chi connectivity index (χ3v) is 4.39. The van der Waals surface area contributed by atoms with Gasteiger partial charge in [-0.05, 0) is 24.3 Å². The van der Waals surface area contributed by atoms with Crippen LogP contribution in [0.4, 0.5) is 21.9 Å². The van der Waals surface area contributed by atoms with Gasteiger partial charge in [0.15, 0.2) is 0 Å². The second kappa shape index (κ2) is 7.34. The highest BCUT2D eigenvalue weighted by atomic mass is 16.3. The fourth-order valence-corrected chi connectivity index (χ4v) is 3.02. The number of benzene rings is 2. The summed E-state index contributed by atoms with van der Waals surface area (Å²) in [6.07, 6.45) is 0. The lowest BCUT2D eigenvalue weighted by Crippen LogP contribution is -2.50. The van der Waals surface area contributed by atoms with E-state index in [4.69, 9.17) is 0 Å². The molecule has 0 radical (unpaired) electrons. The Balaban J connectivity index is 1.61. The highest BCUT2D eigenvalue weighted by Gasteiger charge is 2.22. The summed E-state index contributed by atoms with van der Waals surface area (Å²) in [6.45, 7) is 2.77. The van der Waals surface area contributed by atoms with Crippen LogP contribution in [-0.2, 0) is 0 Å². The number of anilines is 3. The van der Waals surface area contributed by atoms with E-state index in [2.05, 4.69) is 10.2 Å². The van der Waals surface area contributed by atoms with Gasteiger partial charge in [-0.25, -0.2) is 4.79 Å². The van der Waals surface area contributed by atoms with Crippen molar-refractivity contribution in [2.75, 3.05) is 55.4 Å². The van der Waals surface area contributed by atoms with E-state index in [0.29, 0.717) is 13.1 Å². The molecule has 0 unspecified atom stereocenters. The van der Waals surface area contributed by atoms with Crippen LogP contribution in [0, 0.1) is 0 Å². The zero-order valence-electron chi connectivity index (χ0n) is 14.6. The Morgan fingerprint density at radius 3 is 2.44 bits per heavy atom. The number of amides is 2. The summed E-state index contributed by atoms with van der Waals surface area (Å²) in [5, 5.41) is 12.6. The molecular formula is C19H24N4O2. The molecule has 1 aliphatic rings. The summed E-state index contributed by atoms with van der Waals surface area (Å²) in [5.74, 6) is 0.262. The largest absolute Gasteiger partial charge is 0.508 e. The van der Waals surface area contributed by atoms with Crippen LogP contribution in [0.25, 0.3) is 0 Å². The van der Waals surface area contributed by atoms with E-state index in [9.17, 15) is 9.90 Å². The highest BCUT2D eigenvalue weighted by molar-refractivity contribution is 5.93. The molecule has 25 heavy (non-hydrogen) atoms. The number of aromatic hydroxyl groups is 1. The maximum absolute atomic E-state index is 12.6. The molecule has 3 rings (SSSR count). The van der Waals surface area contributed by atoms with E-state index < -0.39 is 0 Å². The molecule has 2 aromatic rings. The fourth-order valence-electron chi connectivity index (χ4n) is 3.02. The van der Waals surface area contributed by atoms with Crippen LogP contribution in [0.5, 0.6) is 5.75 Å². The van der Waals surface area contributed by atoms with Crippen LogP contribution in [-0.4, -0.2) is 56.3 Å². The number of nitrogens with zero attached hydrogens (tertiary/aromatic N) is 3. The first-order chi connectivity index (χ1) is 12.0. The van der Waals surface area contributed by atoms with Crippen molar-refractivity contribution in [1.82, 2.24) is 4.90 Å². The minimum Gasteiger partial charge on any atom is -0.508 e. The molecule has 1 fully saturated rings. The number of para-hydroxylation sites is 2. The lowest BCUT2D eigenvalue weighted by molar-refractivity contribution is 0.208. The number of phenols is 1. The number of nitrogens with one attached hydrogen (secondary N) is 1. The van der Waals surface area contributed by atoms with Gasteiger partial charge in [-0.2, -0.15) is 0 Å². The average molecular weight is 340 g/mol. The van der Waals surface area contributed by atoms with Crippen molar-refractivity contribution in [2.45, 2.75) is 0 Å². The molecular weight excluding hydrogens is 316 g/mol. The lowest BCUT2D eigenvalue weighted by Gasteiger charge is -2.36. The van der Waals surface area contributed by atoms with Gasteiger partial charge in [-0.15, -0.1) is 0 Å². The van der Waals surface area contributed by atoms with Gasteiger partial charge in [-0.3, -0.25) is 0 Å². The van der Waals surface area contributed by atoms with Crippen molar-refractivity contribution in [1.29, 1.82) is 0 Å². The lowest BCUT2D eigenvalue weighted by atomic mass is 10.2. The van der Waals surface area contributed by atoms with Crippen molar-refractivity contribution in [3.63, 3.8) is 0 Å². The Morgan fingerprint density at radius 1 is 1.04 bits per heavy atom. The highest BCUT2D eigenvalue weighted by Crippen LogP contribution is 2.25. The maximum Gasteiger partial charge on any atom is 0.322 e. The molecule has 2 N–H and O–H groups in total. The quantitative estimate of drug-likeness (QED) is 0.902. The van der Waals surface area contributed by atoms with Crippen molar-refractivity contribution < 1.29 is 9.90 Å². The van der Waals surface area contributed by atoms with E-state index in [1.54, 1.807) is 12.1 Å². The number of rotatable bonds is 3. The number of hydrogen-bond acceptors (Lipinski definition) is 4. The third kappa shape index (κ3) is 3.96. The maximum atomic E-state index is 12.6. The monoisotopic (exact) mass is 340 g/mol. The fraction of sp³-hybridized carbons (Fsp3) is 0.316. The minimum absolute atomic E-state index is 0.0788. The van der Waals surface area contributed by atoms with Gasteiger partial charge in [0.05, 0.1) is 11.4 Å². The van der Waals surface area contributed by atoms with Gasteiger partial charge in [0, 0.05) is 52.0 Å². The van der Waals surface area contributed by atoms with Gasteiger partial charge < -0.3 is 25.1 Å². The number of hydrogen-bond donors (Lipinski definition) is 2. The van der Waals surface area contributed by atoms with Gasteiger partial charge >= 0.3 is 6.03 Å². The first-order valence-corrected chi connectivity index (χ1v) is 8.41. The molecule has 1 saturated heterocycles. The van der Waals surface area contributed by atoms with Crippen molar-refractivity contribution in [3.05, 3.63) is 48.5 Å². The van der Waals surface area contributed by atoms with Crippen molar-refractivity contribution >= 4 is 23.1 Å². The number of phenolic OH excluding ortho intramolecular Hbond substituents is 1. The smallest absolute Gasteiger partial charge is 0.322 e. The standard InChI is InChI=1S/C19H24N4O2/c1-21(2)18-9-4-3-8-17(18)20-19(25)23-12-10-22(11-13-23)15-6-5-7-16(24)14-15/h3-9,14,24H,10-13H2,1-2H3,(H,20,25). The summed E-state index contributed by atoms with van der Waals surface area (Å²) in [5.41, 5.74) is 2.78. The van der Waals surface area contributed by atoms with Crippen molar-refractivity contribution in [3.8, 4) is 5.75 Å². The molecule has 1 heterocycles. The summed E-state index contributed by atoms with van der Waals surface area (Å²) in [6, 6.07) is 14.9. The summed E-state index contributed by atoms with van der Waals surface area (Å²) in [4.78, 5) is 18.6. The molecule has 2 amide bonds. The van der Waals surface area contributed by atoms with Crippen LogP contribution >= 0.6 is 0 Å². The Morgan fingerprint density at radius 2 is 1.76 bits per heavy atom.